The fraction of sp³-hybridized carbons (Fsp3) is 0.120. The van der Waals surface area contributed by atoms with Crippen LogP contribution in [-0.2, 0) is 9.53 Å². The van der Waals surface area contributed by atoms with Crippen LogP contribution in [0.3, 0.4) is 0 Å². The largest absolute Gasteiger partial charge is 0.497 e. The predicted octanol–water partition coefficient (Wildman–Crippen LogP) is 5.63. The minimum atomic E-state index is -0.638. The second-order valence-corrected chi connectivity index (χ2v) is 8.44. The molecule has 4 aromatic rings. The molecule has 0 aliphatic carbocycles. The zero-order valence-corrected chi connectivity index (χ0v) is 18.8. The van der Waals surface area contributed by atoms with Crippen molar-refractivity contribution in [3.05, 3.63) is 99.9 Å². The topological polar surface area (TPSA) is 64.6 Å². The maximum absolute atomic E-state index is 12.6. The van der Waals surface area contributed by atoms with Gasteiger partial charge in [-0.25, -0.2) is 4.79 Å². The van der Waals surface area contributed by atoms with Gasteiger partial charge in [-0.1, -0.05) is 72.3 Å². The van der Waals surface area contributed by atoms with Crippen molar-refractivity contribution in [3.63, 3.8) is 0 Å². The van der Waals surface area contributed by atoms with Crippen LogP contribution in [0.15, 0.2) is 78.9 Å². The Balaban J connectivity index is 1.46. The lowest BCUT2D eigenvalue weighted by atomic mass is 9.99. The van der Waals surface area contributed by atoms with Crippen molar-refractivity contribution in [1.82, 2.24) is 5.32 Å². The summed E-state index contributed by atoms with van der Waals surface area (Å²) in [5, 5.41) is 4.00. The summed E-state index contributed by atoms with van der Waals surface area (Å²) in [4.78, 5) is 25.5. The van der Waals surface area contributed by atoms with E-state index in [1.165, 1.54) is 11.3 Å². The molecule has 0 radical (unpaired) electrons. The second kappa shape index (κ2) is 9.85. The van der Waals surface area contributed by atoms with E-state index >= 15 is 0 Å². The smallest absolute Gasteiger partial charge is 0.350 e. The molecule has 7 heteroatoms. The maximum Gasteiger partial charge on any atom is 0.350 e. The molecule has 1 N–H and O–H groups in total. The summed E-state index contributed by atoms with van der Waals surface area (Å²) >= 11 is 7.58. The zero-order chi connectivity index (χ0) is 22.5. The van der Waals surface area contributed by atoms with E-state index in [9.17, 15) is 9.59 Å². The molecule has 162 valence electrons. The molecular formula is C25H20ClNO4S. The lowest BCUT2D eigenvalue weighted by Crippen LogP contribution is -2.33. The Labute approximate surface area is 194 Å². The number of halogens is 1. The van der Waals surface area contributed by atoms with E-state index in [-0.39, 0.29) is 10.9 Å². The molecule has 0 atom stereocenters. The van der Waals surface area contributed by atoms with Gasteiger partial charge in [-0.3, -0.25) is 4.79 Å². The van der Waals surface area contributed by atoms with Gasteiger partial charge in [-0.2, -0.15) is 0 Å². The molecule has 32 heavy (non-hydrogen) atoms. The third-order valence-electron chi connectivity index (χ3n) is 4.93. The van der Waals surface area contributed by atoms with Crippen LogP contribution in [0.25, 0.3) is 10.1 Å². The van der Waals surface area contributed by atoms with E-state index in [2.05, 4.69) is 5.32 Å². The van der Waals surface area contributed by atoms with Crippen molar-refractivity contribution in [2.45, 2.75) is 6.04 Å². The Morgan fingerprint density at radius 1 is 0.969 bits per heavy atom. The summed E-state index contributed by atoms with van der Waals surface area (Å²) in [6, 6.07) is 24.3. The third-order valence-corrected chi connectivity index (χ3v) is 6.56. The quantitative estimate of drug-likeness (QED) is 0.359. The number of hydrogen-bond acceptors (Lipinski definition) is 5. The highest BCUT2D eigenvalue weighted by Crippen LogP contribution is 2.37. The Hall–Kier alpha value is -3.35. The van der Waals surface area contributed by atoms with Gasteiger partial charge >= 0.3 is 5.97 Å². The number of amides is 1. The van der Waals surface area contributed by atoms with Gasteiger partial charge in [-0.15, -0.1) is 11.3 Å². The minimum Gasteiger partial charge on any atom is -0.497 e. The first-order valence-corrected chi connectivity index (χ1v) is 11.1. The van der Waals surface area contributed by atoms with Gasteiger partial charge in [0.05, 0.1) is 18.2 Å². The minimum absolute atomic E-state index is 0.255. The summed E-state index contributed by atoms with van der Waals surface area (Å²) in [7, 11) is 1.57. The van der Waals surface area contributed by atoms with Crippen molar-refractivity contribution in [1.29, 1.82) is 0 Å². The summed E-state index contributed by atoms with van der Waals surface area (Å²) in [5.41, 5.74) is 1.86. The van der Waals surface area contributed by atoms with Crippen molar-refractivity contribution in [2.75, 3.05) is 13.7 Å². The standard InChI is InChI=1S/C25H20ClNO4S/c1-30-18-12-13-19-20(14-18)32-24(22(19)26)25(29)31-15-21(28)27-23(16-8-4-2-5-9-16)17-10-6-3-7-11-17/h2-14,23H,15H2,1H3,(H,27,28). The molecule has 1 heterocycles. The molecule has 0 spiro atoms. The molecule has 3 aromatic carbocycles. The van der Waals surface area contributed by atoms with Crippen molar-refractivity contribution in [2.24, 2.45) is 0 Å². The lowest BCUT2D eigenvalue weighted by molar-refractivity contribution is -0.124. The molecule has 4 rings (SSSR count). The van der Waals surface area contributed by atoms with Gasteiger partial charge in [0.2, 0.25) is 0 Å². The molecular weight excluding hydrogens is 446 g/mol. The average molecular weight is 466 g/mol. The molecule has 0 bridgehead atoms. The predicted molar refractivity (Wildman–Crippen MR) is 127 cm³/mol. The monoisotopic (exact) mass is 465 g/mol. The van der Waals surface area contributed by atoms with Crippen LogP contribution in [0, 0.1) is 0 Å². The van der Waals surface area contributed by atoms with Crippen LogP contribution in [0.4, 0.5) is 0 Å². The second-order valence-electron chi connectivity index (χ2n) is 7.01. The molecule has 5 nitrogen and oxygen atoms in total. The average Bonchev–Trinajstić information content (AvgIpc) is 3.17. The molecule has 0 saturated carbocycles. The fourth-order valence-electron chi connectivity index (χ4n) is 3.35. The zero-order valence-electron chi connectivity index (χ0n) is 17.2. The van der Waals surface area contributed by atoms with Gasteiger partial charge in [0.25, 0.3) is 5.91 Å². The van der Waals surface area contributed by atoms with Crippen LogP contribution in [0.1, 0.15) is 26.8 Å². The van der Waals surface area contributed by atoms with Crippen LogP contribution in [-0.4, -0.2) is 25.6 Å². The Morgan fingerprint density at radius 2 is 1.59 bits per heavy atom. The number of rotatable bonds is 7. The number of thiophene rings is 1. The lowest BCUT2D eigenvalue weighted by Gasteiger charge is -2.19. The number of methoxy groups -OCH3 is 1. The van der Waals surface area contributed by atoms with E-state index < -0.39 is 18.5 Å². The Bertz CT molecular complexity index is 1200. The first-order chi connectivity index (χ1) is 15.6. The van der Waals surface area contributed by atoms with Crippen LogP contribution < -0.4 is 10.1 Å². The van der Waals surface area contributed by atoms with Crippen LogP contribution >= 0.6 is 22.9 Å². The Morgan fingerprint density at radius 3 is 2.19 bits per heavy atom. The molecule has 0 unspecified atom stereocenters. The number of carbonyl (C=O) groups excluding carboxylic acids is 2. The van der Waals surface area contributed by atoms with Gasteiger partial charge < -0.3 is 14.8 Å². The summed E-state index contributed by atoms with van der Waals surface area (Å²) in [6.07, 6.45) is 0. The highest BCUT2D eigenvalue weighted by atomic mass is 35.5. The number of benzene rings is 3. The van der Waals surface area contributed by atoms with Crippen LogP contribution in [0.2, 0.25) is 5.02 Å². The SMILES string of the molecule is COc1ccc2c(Cl)c(C(=O)OCC(=O)NC(c3ccccc3)c3ccccc3)sc2c1. The van der Waals surface area contributed by atoms with Gasteiger partial charge in [0, 0.05) is 10.1 Å². The molecule has 0 fully saturated rings. The van der Waals surface area contributed by atoms with Crippen molar-refractivity contribution >= 4 is 44.9 Å². The number of hydrogen-bond donors (Lipinski definition) is 1. The van der Waals surface area contributed by atoms with E-state index in [0.29, 0.717) is 10.8 Å². The van der Waals surface area contributed by atoms with E-state index in [4.69, 9.17) is 21.1 Å². The van der Waals surface area contributed by atoms with E-state index in [1.54, 1.807) is 25.3 Å². The van der Waals surface area contributed by atoms with Crippen molar-refractivity contribution < 1.29 is 19.1 Å². The highest BCUT2D eigenvalue weighted by Gasteiger charge is 2.21. The molecule has 0 aliphatic heterocycles. The van der Waals surface area contributed by atoms with E-state index in [0.717, 1.165) is 21.2 Å². The first kappa shape index (κ1) is 21.9. The van der Waals surface area contributed by atoms with Gasteiger partial charge in [0.1, 0.15) is 10.6 Å². The molecule has 0 saturated heterocycles. The molecule has 1 amide bonds. The van der Waals surface area contributed by atoms with E-state index in [1.807, 2.05) is 60.7 Å². The third kappa shape index (κ3) is 4.77. The number of nitrogens with one attached hydrogen (secondary N) is 1. The number of fused-ring (bicyclic) bond motifs is 1. The fourth-order valence-corrected chi connectivity index (χ4v) is 4.78. The summed E-state index contributed by atoms with van der Waals surface area (Å²) < 4.78 is 11.3. The first-order valence-electron chi connectivity index (χ1n) is 9.89. The number of esters is 1. The highest BCUT2D eigenvalue weighted by molar-refractivity contribution is 7.21. The molecule has 0 aliphatic rings. The summed E-state index contributed by atoms with van der Waals surface area (Å²) in [5.74, 6) is -0.376. The molecule has 1 aromatic heterocycles. The van der Waals surface area contributed by atoms with Crippen molar-refractivity contribution in [3.8, 4) is 5.75 Å². The van der Waals surface area contributed by atoms with Crippen LogP contribution in [0.5, 0.6) is 5.75 Å². The maximum atomic E-state index is 12.6. The van der Waals surface area contributed by atoms with Gasteiger partial charge in [0.15, 0.2) is 6.61 Å². The normalized spacial score (nSPS) is 10.8. The Kier molecular flexibility index (Phi) is 6.73. The summed E-state index contributed by atoms with van der Waals surface area (Å²) in [6.45, 7) is -0.414. The number of ether oxygens (including phenoxy) is 2. The van der Waals surface area contributed by atoms with Gasteiger partial charge in [-0.05, 0) is 29.3 Å². The number of carbonyl (C=O) groups is 2.